The van der Waals surface area contributed by atoms with E-state index in [4.69, 9.17) is 14.6 Å². The molecule has 108 valence electrons. The summed E-state index contributed by atoms with van der Waals surface area (Å²) in [5, 5.41) is 8.53. The lowest BCUT2D eigenvalue weighted by atomic mass is 10.2. The number of methoxy groups -OCH3 is 1. The molecule has 0 aromatic heterocycles. The fourth-order valence-electron chi connectivity index (χ4n) is 1.55. The summed E-state index contributed by atoms with van der Waals surface area (Å²) in [5.74, 6) is 6.96. The molecule has 0 amide bonds. The summed E-state index contributed by atoms with van der Waals surface area (Å²) in [6, 6.07) is 7.88. The highest BCUT2D eigenvalue weighted by Gasteiger charge is 1.94. The summed E-state index contributed by atoms with van der Waals surface area (Å²) in [5.41, 5.74) is 1.14. The lowest BCUT2D eigenvalue weighted by Gasteiger charge is -2.04. The van der Waals surface area contributed by atoms with Gasteiger partial charge in [-0.05, 0) is 24.1 Å². The van der Waals surface area contributed by atoms with E-state index in [9.17, 15) is 0 Å². The van der Waals surface area contributed by atoms with Gasteiger partial charge in [-0.2, -0.15) is 0 Å². The second-order valence-electron chi connectivity index (χ2n) is 4.22. The molecule has 1 rings (SSSR count). The SMILES string of the molecule is COc1ccc(COCCCC#CC/C=C/CO)cc1. The summed E-state index contributed by atoms with van der Waals surface area (Å²) in [6.45, 7) is 1.42. The first-order valence-corrected chi connectivity index (χ1v) is 6.79. The zero-order valence-electron chi connectivity index (χ0n) is 12.0. The van der Waals surface area contributed by atoms with Crippen LogP contribution in [0.3, 0.4) is 0 Å². The van der Waals surface area contributed by atoms with Crippen LogP contribution in [0, 0.1) is 11.8 Å². The van der Waals surface area contributed by atoms with Gasteiger partial charge in [0.1, 0.15) is 5.75 Å². The molecule has 0 atom stereocenters. The number of aliphatic hydroxyl groups excluding tert-OH is 1. The third-order valence-electron chi connectivity index (χ3n) is 2.64. The van der Waals surface area contributed by atoms with Crippen LogP contribution in [0.2, 0.25) is 0 Å². The molecule has 0 aliphatic rings. The van der Waals surface area contributed by atoms with Gasteiger partial charge < -0.3 is 14.6 Å². The van der Waals surface area contributed by atoms with Gasteiger partial charge in [0.25, 0.3) is 0 Å². The Kier molecular flexibility index (Phi) is 9.04. The Morgan fingerprint density at radius 1 is 1.15 bits per heavy atom. The van der Waals surface area contributed by atoms with Crippen molar-refractivity contribution in [1.29, 1.82) is 0 Å². The van der Waals surface area contributed by atoms with Crippen molar-refractivity contribution < 1.29 is 14.6 Å². The third-order valence-corrected chi connectivity index (χ3v) is 2.64. The minimum atomic E-state index is 0.0842. The molecule has 0 unspecified atom stereocenters. The lowest BCUT2D eigenvalue weighted by molar-refractivity contribution is 0.119. The van der Waals surface area contributed by atoms with E-state index in [0.717, 1.165) is 24.2 Å². The maximum absolute atomic E-state index is 8.53. The quantitative estimate of drug-likeness (QED) is 0.450. The van der Waals surface area contributed by atoms with Crippen molar-refractivity contribution in [3.8, 4) is 17.6 Å². The van der Waals surface area contributed by atoms with E-state index in [-0.39, 0.29) is 6.61 Å². The first-order valence-electron chi connectivity index (χ1n) is 6.79. The molecular formula is C17H22O3. The number of ether oxygens (including phenoxy) is 2. The summed E-state index contributed by atoms with van der Waals surface area (Å²) in [4.78, 5) is 0. The molecule has 3 heteroatoms. The number of aliphatic hydroxyl groups is 1. The molecule has 0 spiro atoms. The van der Waals surface area contributed by atoms with Gasteiger partial charge in [0, 0.05) is 19.4 Å². The van der Waals surface area contributed by atoms with Crippen LogP contribution in [-0.2, 0) is 11.3 Å². The summed E-state index contributed by atoms with van der Waals surface area (Å²) in [7, 11) is 1.66. The highest BCUT2D eigenvalue weighted by atomic mass is 16.5. The maximum Gasteiger partial charge on any atom is 0.118 e. The fourth-order valence-corrected chi connectivity index (χ4v) is 1.55. The second-order valence-corrected chi connectivity index (χ2v) is 4.22. The maximum atomic E-state index is 8.53. The molecule has 0 radical (unpaired) electrons. The topological polar surface area (TPSA) is 38.7 Å². The minimum absolute atomic E-state index is 0.0842. The molecular weight excluding hydrogens is 252 g/mol. The average molecular weight is 274 g/mol. The molecule has 1 aromatic rings. The van der Waals surface area contributed by atoms with Gasteiger partial charge in [0.05, 0.1) is 20.3 Å². The van der Waals surface area contributed by atoms with Crippen molar-refractivity contribution in [2.24, 2.45) is 0 Å². The molecule has 20 heavy (non-hydrogen) atoms. The average Bonchev–Trinajstić information content (AvgIpc) is 2.50. The molecule has 1 aromatic carbocycles. The van der Waals surface area contributed by atoms with Gasteiger partial charge in [-0.1, -0.05) is 30.2 Å². The van der Waals surface area contributed by atoms with Crippen molar-refractivity contribution >= 4 is 0 Å². The Balaban J connectivity index is 2.05. The van der Waals surface area contributed by atoms with Crippen LogP contribution in [0.4, 0.5) is 0 Å². The van der Waals surface area contributed by atoms with Crippen LogP contribution in [-0.4, -0.2) is 25.4 Å². The van der Waals surface area contributed by atoms with E-state index < -0.39 is 0 Å². The predicted octanol–water partition coefficient (Wildman–Crippen LogP) is 2.93. The highest BCUT2D eigenvalue weighted by molar-refractivity contribution is 5.26. The largest absolute Gasteiger partial charge is 0.497 e. The van der Waals surface area contributed by atoms with E-state index in [1.54, 1.807) is 13.2 Å². The van der Waals surface area contributed by atoms with Crippen molar-refractivity contribution in [3.63, 3.8) is 0 Å². The summed E-state index contributed by atoms with van der Waals surface area (Å²) in [6.07, 6.45) is 6.05. The molecule has 0 aliphatic heterocycles. The van der Waals surface area contributed by atoms with Crippen LogP contribution >= 0.6 is 0 Å². The Hall–Kier alpha value is -1.76. The number of hydrogen-bond acceptors (Lipinski definition) is 3. The van der Waals surface area contributed by atoms with E-state index in [1.807, 2.05) is 30.3 Å². The second kappa shape index (κ2) is 11.1. The molecule has 0 fully saturated rings. The highest BCUT2D eigenvalue weighted by Crippen LogP contribution is 2.11. The molecule has 0 saturated carbocycles. The lowest BCUT2D eigenvalue weighted by Crippen LogP contribution is -1.95. The van der Waals surface area contributed by atoms with Crippen LogP contribution in [0.25, 0.3) is 0 Å². The Bertz CT molecular complexity index is 438. The van der Waals surface area contributed by atoms with Gasteiger partial charge in [-0.15, -0.1) is 5.92 Å². The zero-order chi connectivity index (χ0) is 14.5. The minimum Gasteiger partial charge on any atom is -0.497 e. The van der Waals surface area contributed by atoms with Crippen LogP contribution in [0.15, 0.2) is 36.4 Å². The van der Waals surface area contributed by atoms with E-state index in [2.05, 4.69) is 11.8 Å². The molecule has 0 aliphatic carbocycles. The molecule has 1 N–H and O–H groups in total. The molecule has 0 bridgehead atoms. The standard InChI is InChI=1S/C17H22O3/c1-19-17-11-9-16(10-12-17)15-20-14-8-6-4-2-3-5-7-13-18/h5,7,9-12,18H,3,6,8,13-15H2,1H3/b7-5+. The number of unbranched alkanes of at least 4 members (excludes halogenated alkanes) is 1. The van der Waals surface area contributed by atoms with E-state index in [0.29, 0.717) is 19.6 Å². The summed E-state index contributed by atoms with van der Waals surface area (Å²) < 4.78 is 10.7. The van der Waals surface area contributed by atoms with Crippen molar-refractivity contribution in [1.82, 2.24) is 0 Å². The van der Waals surface area contributed by atoms with Crippen molar-refractivity contribution in [2.45, 2.75) is 25.9 Å². The first-order chi connectivity index (χ1) is 9.86. The molecule has 3 nitrogen and oxygen atoms in total. The van der Waals surface area contributed by atoms with Crippen molar-refractivity contribution in [2.75, 3.05) is 20.3 Å². The Morgan fingerprint density at radius 3 is 2.65 bits per heavy atom. The van der Waals surface area contributed by atoms with Gasteiger partial charge in [-0.3, -0.25) is 0 Å². The first kappa shape index (κ1) is 16.3. The van der Waals surface area contributed by atoms with Gasteiger partial charge >= 0.3 is 0 Å². The predicted molar refractivity (Wildman–Crippen MR) is 80.5 cm³/mol. The molecule has 0 saturated heterocycles. The van der Waals surface area contributed by atoms with E-state index in [1.165, 1.54) is 0 Å². The third kappa shape index (κ3) is 7.63. The van der Waals surface area contributed by atoms with E-state index >= 15 is 0 Å². The number of benzene rings is 1. The number of allylic oxidation sites excluding steroid dienone is 1. The number of hydrogen-bond donors (Lipinski definition) is 1. The van der Waals surface area contributed by atoms with Gasteiger partial charge in [-0.25, -0.2) is 0 Å². The van der Waals surface area contributed by atoms with Gasteiger partial charge in [0.2, 0.25) is 0 Å². The summed E-state index contributed by atoms with van der Waals surface area (Å²) >= 11 is 0. The smallest absolute Gasteiger partial charge is 0.118 e. The Labute approximate surface area is 121 Å². The Morgan fingerprint density at radius 2 is 1.95 bits per heavy atom. The van der Waals surface area contributed by atoms with Crippen LogP contribution in [0.1, 0.15) is 24.8 Å². The van der Waals surface area contributed by atoms with Crippen LogP contribution < -0.4 is 4.74 Å². The number of rotatable bonds is 8. The zero-order valence-corrected chi connectivity index (χ0v) is 12.0. The normalized spacial score (nSPS) is 10.3. The monoisotopic (exact) mass is 274 g/mol. The fraction of sp³-hybridized carbons (Fsp3) is 0.412. The molecule has 0 heterocycles. The van der Waals surface area contributed by atoms with Crippen LogP contribution in [0.5, 0.6) is 5.75 Å². The van der Waals surface area contributed by atoms with Gasteiger partial charge in [0.15, 0.2) is 0 Å². The van der Waals surface area contributed by atoms with Crippen molar-refractivity contribution in [3.05, 3.63) is 42.0 Å².